The third-order valence-corrected chi connectivity index (χ3v) is 5.66. The zero-order valence-corrected chi connectivity index (χ0v) is 18.2. The molecular formula is C23H24O11. The second kappa shape index (κ2) is 9.49. The van der Waals surface area contributed by atoms with Crippen LogP contribution in [0.25, 0.3) is 22.1 Å². The Hall–Kier alpha value is -3.35. The predicted octanol–water partition coefficient (Wildman–Crippen LogP) is 0.361. The Balaban J connectivity index is 1.66. The van der Waals surface area contributed by atoms with E-state index in [0.717, 1.165) is 0 Å². The predicted molar refractivity (Wildman–Crippen MR) is 117 cm³/mol. The Morgan fingerprint density at radius 2 is 1.74 bits per heavy atom. The van der Waals surface area contributed by atoms with Crippen LogP contribution in [0.2, 0.25) is 0 Å². The van der Waals surface area contributed by atoms with Crippen molar-refractivity contribution in [1.29, 1.82) is 0 Å². The van der Waals surface area contributed by atoms with Gasteiger partial charge in [-0.05, 0) is 24.3 Å². The summed E-state index contributed by atoms with van der Waals surface area (Å²) in [5.74, 6) is 0.226. The molecule has 1 saturated heterocycles. The number of hydrogen-bond acceptors (Lipinski definition) is 11. The van der Waals surface area contributed by atoms with E-state index in [2.05, 4.69) is 0 Å². The molecule has 11 nitrogen and oxygen atoms in total. The molecule has 0 amide bonds. The van der Waals surface area contributed by atoms with Gasteiger partial charge >= 0.3 is 0 Å². The molecule has 11 heteroatoms. The van der Waals surface area contributed by atoms with Gasteiger partial charge < -0.3 is 48.9 Å². The third kappa shape index (κ3) is 4.04. The third-order valence-electron chi connectivity index (χ3n) is 5.66. The normalized spacial score (nSPS) is 24.7. The van der Waals surface area contributed by atoms with Crippen LogP contribution in [0, 0.1) is 0 Å². The zero-order valence-electron chi connectivity index (χ0n) is 18.2. The minimum absolute atomic E-state index is 0.0720. The summed E-state index contributed by atoms with van der Waals surface area (Å²) in [5.41, 5.74) is 0.00228. The van der Waals surface area contributed by atoms with Gasteiger partial charge in [-0.2, -0.15) is 0 Å². The molecule has 1 aliphatic rings. The van der Waals surface area contributed by atoms with Crippen molar-refractivity contribution in [2.24, 2.45) is 0 Å². The molecule has 0 spiro atoms. The van der Waals surface area contributed by atoms with Crippen LogP contribution < -0.4 is 19.6 Å². The molecule has 0 radical (unpaired) electrons. The van der Waals surface area contributed by atoms with E-state index < -0.39 is 42.7 Å². The number of rotatable bonds is 6. The summed E-state index contributed by atoms with van der Waals surface area (Å²) in [6, 6.07) is 7.30. The Bertz CT molecular complexity index is 1240. The van der Waals surface area contributed by atoms with Crippen LogP contribution in [0.5, 0.6) is 23.0 Å². The monoisotopic (exact) mass is 476 g/mol. The number of ether oxygens (including phenoxy) is 4. The Labute approximate surface area is 192 Å². The van der Waals surface area contributed by atoms with Crippen LogP contribution >= 0.6 is 0 Å². The summed E-state index contributed by atoms with van der Waals surface area (Å²) in [6.45, 7) is -0.594. The molecular weight excluding hydrogens is 452 g/mol. The average molecular weight is 476 g/mol. The van der Waals surface area contributed by atoms with Gasteiger partial charge in [0.2, 0.25) is 17.5 Å². The Kier molecular flexibility index (Phi) is 6.64. The lowest BCUT2D eigenvalue weighted by Crippen LogP contribution is -2.60. The highest BCUT2D eigenvalue weighted by molar-refractivity contribution is 5.85. The molecule has 5 atom stereocenters. The van der Waals surface area contributed by atoms with Crippen molar-refractivity contribution in [3.63, 3.8) is 0 Å². The zero-order chi connectivity index (χ0) is 24.6. The molecule has 182 valence electrons. The number of fused-ring (bicyclic) bond motifs is 1. The molecule has 5 N–H and O–H groups in total. The Morgan fingerprint density at radius 3 is 2.41 bits per heavy atom. The standard InChI is InChI=1S/C23H24O11/c1-30-14-6-5-11(18(26)22(14)31-2)13-9-32-15-7-10(3-4-12(15)17(13)25)33-23-21(29)20(28)19(27)16(8-24)34-23/h3-7,9,16,19-21,23-24,26-29H,8H2,1-2H3. The van der Waals surface area contributed by atoms with Gasteiger partial charge in [-0.15, -0.1) is 0 Å². The van der Waals surface area contributed by atoms with Gasteiger partial charge in [-0.3, -0.25) is 4.79 Å². The van der Waals surface area contributed by atoms with E-state index in [9.17, 15) is 30.3 Å². The lowest BCUT2D eigenvalue weighted by molar-refractivity contribution is -0.277. The van der Waals surface area contributed by atoms with E-state index in [0.29, 0.717) is 5.75 Å². The lowest BCUT2D eigenvalue weighted by atomic mass is 9.99. The minimum atomic E-state index is -1.59. The molecule has 2 heterocycles. The topological polar surface area (TPSA) is 168 Å². The second-order valence-electron chi connectivity index (χ2n) is 7.65. The first-order chi connectivity index (χ1) is 16.3. The van der Waals surface area contributed by atoms with Gasteiger partial charge in [-0.25, -0.2) is 0 Å². The molecule has 1 aromatic heterocycles. The van der Waals surface area contributed by atoms with E-state index in [1.807, 2.05) is 0 Å². The van der Waals surface area contributed by atoms with E-state index in [-0.39, 0.29) is 39.3 Å². The number of phenols is 1. The average Bonchev–Trinajstić information content (AvgIpc) is 2.84. The van der Waals surface area contributed by atoms with Crippen molar-refractivity contribution in [1.82, 2.24) is 0 Å². The van der Waals surface area contributed by atoms with Crippen LogP contribution in [0.3, 0.4) is 0 Å². The van der Waals surface area contributed by atoms with Crippen molar-refractivity contribution < 1.29 is 48.9 Å². The fourth-order valence-electron chi connectivity index (χ4n) is 3.79. The fourth-order valence-corrected chi connectivity index (χ4v) is 3.79. The number of benzene rings is 2. The van der Waals surface area contributed by atoms with Gasteiger partial charge in [-0.1, -0.05) is 0 Å². The van der Waals surface area contributed by atoms with Crippen molar-refractivity contribution in [3.8, 4) is 34.1 Å². The van der Waals surface area contributed by atoms with Gasteiger partial charge in [0, 0.05) is 11.6 Å². The summed E-state index contributed by atoms with van der Waals surface area (Å²) in [4.78, 5) is 13.1. The molecule has 0 saturated carbocycles. The molecule has 0 bridgehead atoms. The van der Waals surface area contributed by atoms with Gasteiger partial charge in [0.15, 0.2) is 11.5 Å². The first-order valence-electron chi connectivity index (χ1n) is 10.3. The maximum Gasteiger partial charge on any atom is 0.229 e. The number of methoxy groups -OCH3 is 2. The molecule has 2 aromatic carbocycles. The summed E-state index contributed by atoms with van der Waals surface area (Å²) in [5, 5.41) is 50.0. The molecule has 0 aliphatic carbocycles. The smallest absolute Gasteiger partial charge is 0.229 e. The maximum absolute atomic E-state index is 13.1. The SMILES string of the molecule is COc1ccc(-c2coc3cc(OC4OC(CO)C(O)C(O)C4O)ccc3c2=O)c(O)c1OC. The fraction of sp³-hybridized carbons (Fsp3) is 0.348. The quantitative estimate of drug-likeness (QED) is 0.333. The summed E-state index contributed by atoms with van der Waals surface area (Å²) < 4.78 is 26.8. The van der Waals surface area contributed by atoms with Crippen LogP contribution in [0.4, 0.5) is 0 Å². The highest BCUT2D eigenvalue weighted by atomic mass is 16.7. The van der Waals surface area contributed by atoms with E-state index in [1.165, 1.54) is 44.7 Å². The van der Waals surface area contributed by atoms with Gasteiger partial charge in [0.05, 0.1) is 31.8 Å². The second-order valence-corrected chi connectivity index (χ2v) is 7.65. The summed E-state index contributed by atoms with van der Waals surface area (Å²) >= 11 is 0. The number of aliphatic hydroxyl groups is 4. The lowest BCUT2D eigenvalue weighted by Gasteiger charge is -2.39. The van der Waals surface area contributed by atoms with E-state index in [1.54, 1.807) is 6.07 Å². The van der Waals surface area contributed by atoms with Crippen LogP contribution in [-0.4, -0.2) is 77.1 Å². The van der Waals surface area contributed by atoms with Crippen LogP contribution in [0.15, 0.2) is 45.8 Å². The summed E-state index contributed by atoms with van der Waals surface area (Å²) in [7, 11) is 2.78. The van der Waals surface area contributed by atoms with Gasteiger partial charge in [0.25, 0.3) is 0 Å². The first kappa shape index (κ1) is 23.8. The molecule has 1 aliphatic heterocycles. The minimum Gasteiger partial charge on any atom is -0.504 e. The molecule has 5 unspecified atom stereocenters. The summed E-state index contributed by atoms with van der Waals surface area (Å²) in [6.07, 6.45) is -6.02. The van der Waals surface area contributed by atoms with Crippen molar-refractivity contribution >= 4 is 11.0 Å². The van der Waals surface area contributed by atoms with Gasteiger partial charge in [0.1, 0.15) is 42.0 Å². The molecule has 4 rings (SSSR count). The molecule has 34 heavy (non-hydrogen) atoms. The number of hydrogen-bond donors (Lipinski definition) is 5. The molecule has 3 aromatic rings. The van der Waals surface area contributed by atoms with Crippen LogP contribution in [0.1, 0.15) is 0 Å². The largest absolute Gasteiger partial charge is 0.504 e. The van der Waals surface area contributed by atoms with Crippen molar-refractivity contribution in [3.05, 3.63) is 46.8 Å². The van der Waals surface area contributed by atoms with E-state index in [4.69, 9.17) is 23.4 Å². The van der Waals surface area contributed by atoms with Crippen molar-refractivity contribution in [2.45, 2.75) is 30.7 Å². The number of aromatic hydroxyl groups is 1. The first-order valence-corrected chi connectivity index (χ1v) is 10.3. The van der Waals surface area contributed by atoms with Crippen LogP contribution in [-0.2, 0) is 4.74 Å². The Morgan fingerprint density at radius 1 is 0.971 bits per heavy atom. The molecule has 1 fully saturated rings. The van der Waals surface area contributed by atoms with Crippen molar-refractivity contribution in [2.75, 3.05) is 20.8 Å². The highest BCUT2D eigenvalue weighted by Crippen LogP contribution is 2.43. The van der Waals surface area contributed by atoms with E-state index >= 15 is 0 Å². The maximum atomic E-state index is 13.1. The highest BCUT2D eigenvalue weighted by Gasteiger charge is 2.44. The number of phenolic OH excluding ortho intramolecular Hbond substituents is 1. The number of aliphatic hydroxyl groups excluding tert-OH is 4.